The van der Waals surface area contributed by atoms with E-state index in [2.05, 4.69) is 14.7 Å². The van der Waals surface area contributed by atoms with E-state index >= 15 is 0 Å². The highest BCUT2D eigenvalue weighted by molar-refractivity contribution is 5.91. The zero-order valence-electron chi connectivity index (χ0n) is 12.0. The number of carbonyl (C=O) groups is 1. The number of nitrogens with zero attached hydrogens (tertiary/aromatic N) is 1. The first kappa shape index (κ1) is 14.9. The average molecular weight is 290 g/mol. The Morgan fingerprint density at radius 2 is 2.10 bits per heavy atom. The van der Waals surface area contributed by atoms with Crippen molar-refractivity contribution in [3.8, 4) is 11.3 Å². The van der Waals surface area contributed by atoms with E-state index < -0.39 is 11.8 Å². The maximum Gasteiger partial charge on any atom is 0.337 e. The Kier molecular flexibility index (Phi) is 4.16. The number of hydrogen-bond acceptors (Lipinski definition) is 4. The van der Waals surface area contributed by atoms with Crippen LogP contribution in [0.1, 0.15) is 28.7 Å². The van der Waals surface area contributed by atoms with E-state index in [4.69, 9.17) is 0 Å². The third-order valence-corrected chi connectivity index (χ3v) is 3.13. The smallest absolute Gasteiger partial charge is 0.337 e. The van der Waals surface area contributed by atoms with Crippen LogP contribution in [-0.2, 0) is 11.2 Å². The van der Waals surface area contributed by atoms with Gasteiger partial charge in [-0.15, -0.1) is 0 Å². The maximum atomic E-state index is 13.7. The van der Waals surface area contributed by atoms with Gasteiger partial charge in [0.05, 0.1) is 18.4 Å². The molecule has 0 amide bonds. The van der Waals surface area contributed by atoms with Gasteiger partial charge in [0.25, 0.3) is 5.56 Å². The summed E-state index contributed by atoms with van der Waals surface area (Å²) in [5.41, 5.74) is 0.898. The van der Waals surface area contributed by atoms with Gasteiger partial charge >= 0.3 is 5.97 Å². The standard InChI is InChI=1S/C15H15FN2O3/c1-4-12-17-13(8(2)14(19)18-12)9-5-10(15(20)21-3)7-11(16)6-9/h5-7H,4H2,1-3H3,(H,17,18,19). The number of aromatic nitrogens is 2. The Hall–Kier alpha value is -2.50. The first-order chi connectivity index (χ1) is 9.96. The van der Waals surface area contributed by atoms with Crippen LogP contribution in [0.4, 0.5) is 4.39 Å². The summed E-state index contributed by atoms with van der Waals surface area (Å²) in [5, 5.41) is 0. The Balaban J connectivity index is 2.67. The number of hydrogen-bond donors (Lipinski definition) is 1. The number of carbonyl (C=O) groups excluding carboxylic acids is 1. The molecule has 0 bridgehead atoms. The van der Waals surface area contributed by atoms with Gasteiger partial charge in [0, 0.05) is 17.5 Å². The molecule has 0 aliphatic carbocycles. The summed E-state index contributed by atoms with van der Waals surface area (Å²) < 4.78 is 18.3. The van der Waals surface area contributed by atoms with Crippen molar-refractivity contribution in [2.24, 2.45) is 0 Å². The van der Waals surface area contributed by atoms with Gasteiger partial charge in [-0.05, 0) is 25.1 Å². The Morgan fingerprint density at radius 1 is 1.38 bits per heavy atom. The highest BCUT2D eigenvalue weighted by atomic mass is 19.1. The summed E-state index contributed by atoms with van der Waals surface area (Å²) in [6, 6.07) is 3.78. The fraction of sp³-hybridized carbons (Fsp3) is 0.267. The predicted octanol–water partition coefficient (Wildman–Crippen LogP) is 2.23. The molecule has 0 aliphatic rings. The number of H-pyrrole nitrogens is 1. The summed E-state index contributed by atoms with van der Waals surface area (Å²) in [5.74, 6) is -0.731. The number of nitrogens with one attached hydrogen (secondary N) is 1. The second-order valence-electron chi connectivity index (χ2n) is 4.56. The number of benzene rings is 1. The largest absolute Gasteiger partial charge is 0.465 e. The van der Waals surface area contributed by atoms with Gasteiger partial charge in [0.1, 0.15) is 11.6 Å². The third kappa shape index (κ3) is 2.99. The topological polar surface area (TPSA) is 72.0 Å². The number of rotatable bonds is 3. The Morgan fingerprint density at radius 3 is 2.71 bits per heavy atom. The van der Waals surface area contributed by atoms with Crippen molar-refractivity contribution >= 4 is 5.97 Å². The highest BCUT2D eigenvalue weighted by Crippen LogP contribution is 2.22. The lowest BCUT2D eigenvalue weighted by molar-refractivity contribution is 0.0600. The number of aromatic amines is 1. The lowest BCUT2D eigenvalue weighted by Gasteiger charge is -2.08. The van der Waals surface area contributed by atoms with Crippen molar-refractivity contribution in [2.75, 3.05) is 7.11 Å². The highest BCUT2D eigenvalue weighted by Gasteiger charge is 2.14. The van der Waals surface area contributed by atoms with Crippen molar-refractivity contribution < 1.29 is 13.9 Å². The lowest BCUT2D eigenvalue weighted by atomic mass is 10.0. The zero-order chi connectivity index (χ0) is 15.6. The maximum absolute atomic E-state index is 13.7. The van der Waals surface area contributed by atoms with Crippen LogP contribution >= 0.6 is 0 Å². The first-order valence-electron chi connectivity index (χ1n) is 6.45. The molecule has 1 N–H and O–H groups in total. The molecule has 6 heteroatoms. The van der Waals surface area contributed by atoms with E-state index in [0.717, 1.165) is 6.07 Å². The van der Waals surface area contributed by atoms with E-state index in [1.54, 1.807) is 6.92 Å². The molecular formula is C15H15FN2O3. The molecular weight excluding hydrogens is 275 g/mol. The molecule has 0 saturated carbocycles. The summed E-state index contributed by atoms with van der Waals surface area (Å²) in [4.78, 5) is 30.4. The van der Waals surface area contributed by atoms with Gasteiger partial charge < -0.3 is 9.72 Å². The summed E-state index contributed by atoms with van der Waals surface area (Å²) in [6.07, 6.45) is 0.543. The van der Waals surface area contributed by atoms with Gasteiger partial charge in [-0.25, -0.2) is 14.2 Å². The first-order valence-corrected chi connectivity index (χ1v) is 6.45. The summed E-state index contributed by atoms with van der Waals surface area (Å²) in [6.45, 7) is 3.45. The quantitative estimate of drug-likeness (QED) is 0.880. The minimum atomic E-state index is -0.644. The molecule has 1 aromatic heterocycles. The van der Waals surface area contributed by atoms with Gasteiger partial charge in [-0.2, -0.15) is 0 Å². The molecule has 110 valence electrons. The monoisotopic (exact) mass is 290 g/mol. The summed E-state index contributed by atoms with van der Waals surface area (Å²) >= 11 is 0. The van der Waals surface area contributed by atoms with Crippen LogP contribution in [-0.4, -0.2) is 23.0 Å². The van der Waals surface area contributed by atoms with Gasteiger partial charge in [-0.1, -0.05) is 6.92 Å². The molecule has 0 spiro atoms. The molecule has 2 aromatic rings. The van der Waals surface area contributed by atoms with Crippen LogP contribution in [0.5, 0.6) is 0 Å². The normalized spacial score (nSPS) is 10.5. The van der Waals surface area contributed by atoms with E-state index in [-0.39, 0.29) is 11.1 Å². The minimum absolute atomic E-state index is 0.0760. The van der Waals surface area contributed by atoms with E-state index in [1.807, 2.05) is 6.92 Å². The van der Waals surface area contributed by atoms with Crippen LogP contribution < -0.4 is 5.56 Å². The minimum Gasteiger partial charge on any atom is -0.465 e. The molecule has 0 atom stereocenters. The van der Waals surface area contributed by atoms with Crippen LogP contribution in [0.25, 0.3) is 11.3 Å². The molecule has 0 unspecified atom stereocenters. The van der Waals surface area contributed by atoms with Crippen LogP contribution in [0.2, 0.25) is 0 Å². The average Bonchev–Trinajstić information content (AvgIpc) is 2.48. The van der Waals surface area contributed by atoms with E-state index in [0.29, 0.717) is 29.1 Å². The summed E-state index contributed by atoms with van der Waals surface area (Å²) in [7, 11) is 1.22. The molecule has 5 nitrogen and oxygen atoms in total. The lowest BCUT2D eigenvalue weighted by Crippen LogP contribution is -2.16. The zero-order valence-corrected chi connectivity index (χ0v) is 12.0. The van der Waals surface area contributed by atoms with Gasteiger partial charge in [0.15, 0.2) is 0 Å². The molecule has 1 heterocycles. The Bertz CT molecular complexity index is 753. The number of esters is 1. The number of halogens is 1. The molecule has 0 aliphatic heterocycles. The predicted molar refractivity (Wildman–Crippen MR) is 75.7 cm³/mol. The van der Waals surface area contributed by atoms with E-state index in [9.17, 15) is 14.0 Å². The van der Waals surface area contributed by atoms with Crippen LogP contribution in [0.3, 0.4) is 0 Å². The third-order valence-electron chi connectivity index (χ3n) is 3.13. The van der Waals surface area contributed by atoms with Crippen molar-refractivity contribution in [3.05, 3.63) is 51.3 Å². The second-order valence-corrected chi connectivity index (χ2v) is 4.56. The van der Waals surface area contributed by atoms with E-state index in [1.165, 1.54) is 19.2 Å². The SMILES string of the molecule is CCc1nc(-c2cc(F)cc(C(=O)OC)c2)c(C)c(=O)[nH]1. The van der Waals surface area contributed by atoms with Crippen molar-refractivity contribution in [2.45, 2.75) is 20.3 Å². The molecule has 2 rings (SSSR count). The van der Waals surface area contributed by atoms with Crippen molar-refractivity contribution in [1.82, 2.24) is 9.97 Å². The molecule has 1 aromatic carbocycles. The number of aryl methyl sites for hydroxylation is 1. The Labute approximate surface area is 120 Å². The molecule has 0 radical (unpaired) electrons. The van der Waals surface area contributed by atoms with Gasteiger partial charge in [0.2, 0.25) is 0 Å². The van der Waals surface area contributed by atoms with Crippen molar-refractivity contribution in [1.29, 1.82) is 0 Å². The molecule has 0 saturated heterocycles. The van der Waals surface area contributed by atoms with Gasteiger partial charge in [-0.3, -0.25) is 4.79 Å². The van der Waals surface area contributed by atoms with Crippen LogP contribution in [0, 0.1) is 12.7 Å². The van der Waals surface area contributed by atoms with Crippen LogP contribution in [0.15, 0.2) is 23.0 Å². The second kappa shape index (κ2) is 5.87. The molecule has 21 heavy (non-hydrogen) atoms. The number of ether oxygens (including phenoxy) is 1. The molecule has 0 fully saturated rings. The fourth-order valence-corrected chi connectivity index (χ4v) is 1.99. The van der Waals surface area contributed by atoms with Crippen molar-refractivity contribution in [3.63, 3.8) is 0 Å². The fourth-order valence-electron chi connectivity index (χ4n) is 1.99. The number of methoxy groups -OCH3 is 1.